The Labute approximate surface area is 77.6 Å². The molecular weight excluding hydrogens is 170 g/mol. The molecule has 0 spiro atoms. The molecule has 2 aliphatic heterocycles. The van der Waals surface area contributed by atoms with Crippen molar-refractivity contribution in [1.82, 2.24) is 5.32 Å². The minimum absolute atomic E-state index is 0.160. The number of nitrogens with one attached hydrogen (secondary N) is 1. The van der Waals surface area contributed by atoms with Crippen LogP contribution < -0.4 is 5.32 Å². The van der Waals surface area contributed by atoms with Gasteiger partial charge < -0.3 is 9.47 Å². The Balaban J connectivity index is 1.93. The van der Waals surface area contributed by atoms with Crippen molar-refractivity contribution < 1.29 is 14.3 Å². The number of esters is 1. The van der Waals surface area contributed by atoms with Gasteiger partial charge in [-0.05, 0) is 13.3 Å². The van der Waals surface area contributed by atoms with Crippen molar-refractivity contribution in [2.45, 2.75) is 44.1 Å². The molecule has 0 aromatic rings. The monoisotopic (exact) mass is 185 g/mol. The molecule has 0 aromatic heterocycles. The molecule has 0 radical (unpaired) electrons. The standard InChI is InChI=1S/C9H15NO3/c1-5-3-6-8(13-5)4-7(10-6)9(11)12-2/h5-8,10H,3-4H2,1-2H3/t5-,6+,7+,8+/m1/s1. The molecule has 0 unspecified atom stereocenters. The third-order valence-corrected chi connectivity index (χ3v) is 2.81. The SMILES string of the molecule is COC(=O)[C@@H]1C[C@@H]2O[C@H](C)C[C@@H]2N1. The van der Waals surface area contributed by atoms with E-state index in [4.69, 9.17) is 4.74 Å². The van der Waals surface area contributed by atoms with E-state index in [-0.39, 0.29) is 18.1 Å². The molecule has 2 rings (SSSR count). The first-order valence-electron chi connectivity index (χ1n) is 4.70. The van der Waals surface area contributed by atoms with Crippen LogP contribution in [0.1, 0.15) is 19.8 Å². The Bertz CT molecular complexity index is 205. The number of rotatable bonds is 1. The Morgan fingerprint density at radius 2 is 2.31 bits per heavy atom. The zero-order valence-corrected chi connectivity index (χ0v) is 7.95. The molecule has 13 heavy (non-hydrogen) atoms. The third-order valence-electron chi connectivity index (χ3n) is 2.81. The van der Waals surface area contributed by atoms with Crippen molar-refractivity contribution in [3.8, 4) is 0 Å². The molecule has 4 nitrogen and oxygen atoms in total. The number of methoxy groups -OCH3 is 1. The lowest BCUT2D eigenvalue weighted by atomic mass is 10.1. The van der Waals surface area contributed by atoms with Gasteiger partial charge in [-0.15, -0.1) is 0 Å². The predicted octanol–water partition coefficient (Wildman–Crippen LogP) is 0.0673. The fraction of sp³-hybridized carbons (Fsp3) is 0.889. The van der Waals surface area contributed by atoms with E-state index in [9.17, 15) is 4.79 Å². The summed E-state index contributed by atoms with van der Waals surface area (Å²) in [7, 11) is 1.42. The Morgan fingerprint density at radius 1 is 1.54 bits per heavy atom. The predicted molar refractivity (Wildman–Crippen MR) is 46.3 cm³/mol. The largest absolute Gasteiger partial charge is 0.468 e. The van der Waals surface area contributed by atoms with Crippen LogP contribution in [-0.4, -0.2) is 37.4 Å². The quantitative estimate of drug-likeness (QED) is 0.587. The summed E-state index contributed by atoms with van der Waals surface area (Å²) in [6, 6.07) is 0.187. The average Bonchev–Trinajstić information content (AvgIpc) is 2.59. The third kappa shape index (κ3) is 1.56. The van der Waals surface area contributed by atoms with Crippen molar-refractivity contribution in [3.63, 3.8) is 0 Å². The second kappa shape index (κ2) is 3.27. The van der Waals surface area contributed by atoms with Gasteiger partial charge in [0.2, 0.25) is 0 Å². The minimum atomic E-state index is -0.175. The molecule has 4 atom stereocenters. The van der Waals surface area contributed by atoms with Gasteiger partial charge in [-0.3, -0.25) is 10.1 Å². The number of hydrogen-bond acceptors (Lipinski definition) is 4. The van der Waals surface area contributed by atoms with Crippen molar-refractivity contribution >= 4 is 5.97 Å². The maximum Gasteiger partial charge on any atom is 0.322 e. The van der Waals surface area contributed by atoms with Gasteiger partial charge in [-0.25, -0.2) is 0 Å². The van der Waals surface area contributed by atoms with Crippen LogP contribution in [0.2, 0.25) is 0 Å². The van der Waals surface area contributed by atoms with Gasteiger partial charge in [0.25, 0.3) is 0 Å². The van der Waals surface area contributed by atoms with Gasteiger partial charge >= 0.3 is 5.97 Å². The number of carbonyl (C=O) groups is 1. The Kier molecular flexibility index (Phi) is 2.26. The maximum atomic E-state index is 11.2. The summed E-state index contributed by atoms with van der Waals surface area (Å²) in [6.45, 7) is 2.06. The molecule has 0 aromatic carbocycles. The molecule has 0 amide bonds. The lowest BCUT2D eigenvalue weighted by Crippen LogP contribution is -2.36. The highest BCUT2D eigenvalue weighted by molar-refractivity contribution is 5.76. The molecule has 74 valence electrons. The molecule has 0 saturated carbocycles. The van der Waals surface area contributed by atoms with Crippen molar-refractivity contribution in [2.75, 3.05) is 7.11 Å². The summed E-state index contributed by atoms with van der Waals surface area (Å²) in [5, 5.41) is 3.23. The van der Waals surface area contributed by atoms with Crippen molar-refractivity contribution in [1.29, 1.82) is 0 Å². The van der Waals surface area contributed by atoms with Gasteiger partial charge in [0.05, 0.1) is 19.3 Å². The second-order valence-electron chi connectivity index (χ2n) is 3.81. The minimum Gasteiger partial charge on any atom is -0.468 e. The highest BCUT2D eigenvalue weighted by atomic mass is 16.5. The molecule has 2 fully saturated rings. The van der Waals surface area contributed by atoms with Crippen LogP contribution in [0.3, 0.4) is 0 Å². The summed E-state index contributed by atoms with van der Waals surface area (Å²) in [5.41, 5.74) is 0. The van der Waals surface area contributed by atoms with E-state index >= 15 is 0 Å². The van der Waals surface area contributed by atoms with Gasteiger partial charge in [0.1, 0.15) is 6.04 Å². The number of hydrogen-bond donors (Lipinski definition) is 1. The van der Waals surface area contributed by atoms with Crippen LogP contribution in [-0.2, 0) is 14.3 Å². The highest BCUT2D eigenvalue weighted by Crippen LogP contribution is 2.29. The molecule has 4 heteroatoms. The molecular formula is C9H15NO3. The summed E-state index contributed by atoms with van der Waals surface area (Å²) >= 11 is 0. The fourth-order valence-electron chi connectivity index (χ4n) is 2.22. The van der Waals surface area contributed by atoms with Crippen LogP contribution in [0.25, 0.3) is 0 Å². The first-order chi connectivity index (χ1) is 6.20. The molecule has 2 heterocycles. The van der Waals surface area contributed by atoms with Crippen LogP contribution >= 0.6 is 0 Å². The zero-order chi connectivity index (χ0) is 9.42. The van der Waals surface area contributed by atoms with Gasteiger partial charge in [-0.2, -0.15) is 0 Å². The zero-order valence-electron chi connectivity index (χ0n) is 7.95. The topological polar surface area (TPSA) is 47.6 Å². The lowest BCUT2D eigenvalue weighted by molar-refractivity contribution is -0.143. The van der Waals surface area contributed by atoms with E-state index in [1.807, 2.05) is 0 Å². The first-order valence-corrected chi connectivity index (χ1v) is 4.70. The van der Waals surface area contributed by atoms with Crippen LogP contribution in [0.5, 0.6) is 0 Å². The van der Waals surface area contributed by atoms with Gasteiger partial charge in [0.15, 0.2) is 0 Å². The molecule has 1 N–H and O–H groups in total. The van der Waals surface area contributed by atoms with E-state index in [1.165, 1.54) is 7.11 Å². The number of ether oxygens (including phenoxy) is 2. The summed E-state index contributed by atoms with van der Waals surface area (Å²) in [4.78, 5) is 11.2. The molecule has 0 bridgehead atoms. The summed E-state index contributed by atoms with van der Waals surface area (Å²) in [6.07, 6.45) is 2.28. The van der Waals surface area contributed by atoms with E-state index in [2.05, 4.69) is 17.0 Å². The summed E-state index contributed by atoms with van der Waals surface area (Å²) in [5.74, 6) is -0.175. The average molecular weight is 185 g/mol. The van der Waals surface area contributed by atoms with E-state index in [1.54, 1.807) is 0 Å². The van der Waals surface area contributed by atoms with Gasteiger partial charge in [0, 0.05) is 12.5 Å². The van der Waals surface area contributed by atoms with Crippen molar-refractivity contribution in [3.05, 3.63) is 0 Å². The molecule has 2 aliphatic rings. The maximum absolute atomic E-state index is 11.2. The first kappa shape index (κ1) is 8.97. The Morgan fingerprint density at radius 3 is 2.92 bits per heavy atom. The highest BCUT2D eigenvalue weighted by Gasteiger charge is 2.43. The second-order valence-corrected chi connectivity index (χ2v) is 3.81. The van der Waals surface area contributed by atoms with E-state index in [0.29, 0.717) is 12.1 Å². The van der Waals surface area contributed by atoms with E-state index < -0.39 is 0 Å². The lowest BCUT2D eigenvalue weighted by Gasteiger charge is -2.11. The van der Waals surface area contributed by atoms with Crippen LogP contribution in [0.4, 0.5) is 0 Å². The fourth-order valence-corrected chi connectivity index (χ4v) is 2.22. The number of carbonyl (C=O) groups excluding carboxylic acids is 1. The smallest absolute Gasteiger partial charge is 0.322 e. The number of fused-ring (bicyclic) bond motifs is 1. The Hall–Kier alpha value is -0.610. The van der Waals surface area contributed by atoms with Crippen LogP contribution in [0, 0.1) is 0 Å². The van der Waals surface area contributed by atoms with E-state index in [0.717, 1.165) is 12.8 Å². The van der Waals surface area contributed by atoms with Crippen molar-refractivity contribution in [2.24, 2.45) is 0 Å². The normalized spacial score (nSPS) is 43.2. The van der Waals surface area contributed by atoms with Crippen LogP contribution in [0.15, 0.2) is 0 Å². The molecule has 2 saturated heterocycles. The van der Waals surface area contributed by atoms with Gasteiger partial charge in [-0.1, -0.05) is 0 Å². The summed E-state index contributed by atoms with van der Waals surface area (Å²) < 4.78 is 10.3. The molecule has 0 aliphatic carbocycles.